The highest BCUT2D eigenvalue weighted by atomic mass is 16.5. The van der Waals surface area contributed by atoms with E-state index in [0.717, 1.165) is 16.5 Å². The Bertz CT molecular complexity index is 1540. The van der Waals surface area contributed by atoms with Crippen LogP contribution in [0.15, 0.2) is 83.4 Å². The zero-order valence-corrected chi connectivity index (χ0v) is 20.9. The molecular formula is C29H27N3O5. The van der Waals surface area contributed by atoms with Gasteiger partial charge in [0.1, 0.15) is 23.8 Å². The maximum absolute atomic E-state index is 13.5. The summed E-state index contributed by atoms with van der Waals surface area (Å²) in [7, 11) is 3.19. The Kier molecular flexibility index (Phi) is 6.81. The van der Waals surface area contributed by atoms with Crippen molar-refractivity contribution >= 4 is 22.7 Å². The van der Waals surface area contributed by atoms with Crippen molar-refractivity contribution in [1.82, 2.24) is 9.78 Å². The van der Waals surface area contributed by atoms with Crippen LogP contribution in [0, 0.1) is 6.92 Å². The Labute approximate surface area is 214 Å². The molecule has 0 atom stereocenters. The average molecular weight is 498 g/mol. The quantitative estimate of drug-likeness (QED) is 0.276. The first kappa shape index (κ1) is 24.0. The molecule has 0 radical (unpaired) electrons. The first-order chi connectivity index (χ1) is 18.1. The van der Waals surface area contributed by atoms with E-state index >= 15 is 0 Å². The molecule has 3 aromatic carbocycles. The Morgan fingerprint density at radius 2 is 1.73 bits per heavy atom. The number of aromatic nitrogens is 2. The zero-order chi connectivity index (χ0) is 25.8. The fourth-order valence-electron chi connectivity index (χ4n) is 4.18. The van der Waals surface area contributed by atoms with E-state index in [1.807, 2.05) is 79.7 Å². The number of rotatable bonds is 9. The van der Waals surface area contributed by atoms with Gasteiger partial charge in [-0.2, -0.15) is 5.10 Å². The minimum Gasteiger partial charge on any atom is -0.493 e. The lowest BCUT2D eigenvalue weighted by Crippen LogP contribution is -2.18. The van der Waals surface area contributed by atoms with Crippen LogP contribution in [0.4, 0.5) is 5.82 Å². The standard InChI is InChI=1S/C29H27N3O5/c1-19-16-30-32(17-20-13-14-25(34-2)26(15-20)35-3)28(19)31-29(33)27-23(18-36-21-9-5-4-6-10-21)22-11-7-8-12-24(22)37-27/h4-16H,17-18H2,1-3H3,(H,31,33). The highest BCUT2D eigenvalue weighted by Gasteiger charge is 2.23. The smallest absolute Gasteiger partial charge is 0.292 e. The van der Waals surface area contributed by atoms with Gasteiger partial charge in [-0.15, -0.1) is 0 Å². The SMILES string of the molecule is COc1ccc(Cn2ncc(C)c2NC(=O)c2oc3ccccc3c2COc2ccccc2)cc1OC. The highest BCUT2D eigenvalue weighted by Crippen LogP contribution is 2.30. The predicted molar refractivity (Wildman–Crippen MR) is 141 cm³/mol. The summed E-state index contributed by atoms with van der Waals surface area (Å²) < 4.78 is 24.5. The van der Waals surface area contributed by atoms with Crippen LogP contribution in [0.5, 0.6) is 17.2 Å². The lowest BCUT2D eigenvalue weighted by atomic mass is 10.1. The lowest BCUT2D eigenvalue weighted by Gasteiger charge is -2.13. The van der Waals surface area contributed by atoms with Gasteiger partial charge in [0.05, 0.1) is 27.0 Å². The maximum atomic E-state index is 13.5. The Balaban J connectivity index is 1.42. The van der Waals surface area contributed by atoms with E-state index in [0.29, 0.717) is 40.8 Å². The number of benzene rings is 3. The highest BCUT2D eigenvalue weighted by molar-refractivity contribution is 6.06. The number of methoxy groups -OCH3 is 2. The van der Waals surface area contributed by atoms with Crippen molar-refractivity contribution in [3.8, 4) is 17.2 Å². The van der Waals surface area contributed by atoms with Crippen molar-refractivity contribution in [2.45, 2.75) is 20.1 Å². The van der Waals surface area contributed by atoms with E-state index in [4.69, 9.17) is 18.6 Å². The van der Waals surface area contributed by atoms with Crippen molar-refractivity contribution in [1.29, 1.82) is 0 Å². The summed E-state index contributed by atoms with van der Waals surface area (Å²) in [6.07, 6.45) is 1.72. The van der Waals surface area contributed by atoms with Gasteiger partial charge in [-0.3, -0.25) is 4.79 Å². The molecule has 0 saturated carbocycles. The van der Waals surface area contributed by atoms with Gasteiger partial charge in [0.15, 0.2) is 17.3 Å². The van der Waals surface area contributed by atoms with Crippen LogP contribution in [0.2, 0.25) is 0 Å². The molecule has 188 valence electrons. The van der Waals surface area contributed by atoms with E-state index in [1.54, 1.807) is 25.1 Å². The zero-order valence-electron chi connectivity index (χ0n) is 20.9. The van der Waals surface area contributed by atoms with Crippen molar-refractivity contribution in [3.63, 3.8) is 0 Å². The van der Waals surface area contributed by atoms with Crippen LogP contribution >= 0.6 is 0 Å². The number of aryl methyl sites for hydroxylation is 1. The van der Waals surface area contributed by atoms with E-state index in [2.05, 4.69) is 10.4 Å². The first-order valence-electron chi connectivity index (χ1n) is 11.8. The van der Waals surface area contributed by atoms with Gasteiger partial charge < -0.3 is 23.9 Å². The van der Waals surface area contributed by atoms with Gasteiger partial charge in [0, 0.05) is 16.5 Å². The largest absolute Gasteiger partial charge is 0.493 e. The topological polar surface area (TPSA) is 87.8 Å². The van der Waals surface area contributed by atoms with E-state index < -0.39 is 0 Å². The molecule has 0 aliphatic rings. The third kappa shape index (κ3) is 4.99. The Hall–Kier alpha value is -4.72. The number of carbonyl (C=O) groups is 1. The summed E-state index contributed by atoms with van der Waals surface area (Å²) >= 11 is 0. The number of hydrogen-bond acceptors (Lipinski definition) is 6. The second kappa shape index (κ2) is 10.5. The molecule has 8 nitrogen and oxygen atoms in total. The molecule has 37 heavy (non-hydrogen) atoms. The van der Waals surface area contributed by atoms with Gasteiger partial charge in [-0.25, -0.2) is 4.68 Å². The summed E-state index contributed by atoms with van der Waals surface area (Å²) in [5.74, 6) is 2.39. The van der Waals surface area contributed by atoms with Crippen molar-refractivity contribution in [2.75, 3.05) is 19.5 Å². The fourth-order valence-corrected chi connectivity index (χ4v) is 4.18. The number of hydrogen-bond donors (Lipinski definition) is 1. The average Bonchev–Trinajstić information content (AvgIpc) is 3.48. The number of furan rings is 1. The second-order valence-electron chi connectivity index (χ2n) is 8.48. The summed E-state index contributed by atoms with van der Waals surface area (Å²) in [4.78, 5) is 13.5. The third-order valence-electron chi connectivity index (χ3n) is 6.07. The minimum absolute atomic E-state index is 0.188. The molecule has 0 fully saturated rings. The number of para-hydroxylation sites is 2. The van der Waals surface area contributed by atoms with Crippen molar-refractivity contribution in [3.05, 3.63) is 101 Å². The number of ether oxygens (including phenoxy) is 3. The number of carbonyl (C=O) groups excluding carboxylic acids is 1. The predicted octanol–water partition coefficient (Wildman–Crippen LogP) is 5.83. The third-order valence-corrected chi connectivity index (χ3v) is 6.07. The number of amides is 1. The molecule has 0 aliphatic carbocycles. The summed E-state index contributed by atoms with van der Waals surface area (Å²) in [6.45, 7) is 2.51. The first-order valence-corrected chi connectivity index (χ1v) is 11.8. The Morgan fingerprint density at radius 3 is 2.51 bits per heavy atom. The molecular weight excluding hydrogens is 470 g/mol. The molecule has 1 amide bonds. The van der Waals surface area contributed by atoms with Crippen LogP contribution in [-0.4, -0.2) is 29.9 Å². The van der Waals surface area contributed by atoms with E-state index in [-0.39, 0.29) is 18.3 Å². The maximum Gasteiger partial charge on any atom is 0.292 e. The van der Waals surface area contributed by atoms with Crippen LogP contribution < -0.4 is 19.5 Å². The molecule has 0 bridgehead atoms. The molecule has 1 N–H and O–H groups in total. The molecule has 0 spiro atoms. The second-order valence-corrected chi connectivity index (χ2v) is 8.48. The molecule has 5 rings (SSSR count). The van der Waals surface area contributed by atoms with Gasteiger partial charge >= 0.3 is 0 Å². The van der Waals surface area contributed by atoms with E-state index in [1.165, 1.54) is 0 Å². The summed E-state index contributed by atoms with van der Waals surface area (Å²) in [6, 6.07) is 22.7. The van der Waals surface area contributed by atoms with E-state index in [9.17, 15) is 4.79 Å². The molecule has 8 heteroatoms. The molecule has 0 saturated heterocycles. The summed E-state index contributed by atoms with van der Waals surface area (Å²) in [5, 5.41) is 8.31. The molecule has 0 aliphatic heterocycles. The number of nitrogens with zero attached hydrogens (tertiary/aromatic N) is 2. The lowest BCUT2D eigenvalue weighted by molar-refractivity contribution is 0.0994. The van der Waals surface area contributed by atoms with Crippen LogP contribution in [-0.2, 0) is 13.2 Å². The van der Waals surface area contributed by atoms with Crippen LogP contribution in [0.25, 0.3) is 11.0 Å². The van der Waals surface area contributed by atoms with Gasteiger partial charge in [0.25, 0.3) is 5.91 Å². The van der Waals surface area contributed by atoms with Crippen LogP contribution in [0.1, 0.15) is 27.2 Å². The van der Waals surface area contributed by atoms with Gasteiger partial charge in [0.2, 0.25) is 0 Å². The molecule has 5 aromatic rings. The molecule has 0 unspecified atom stereocenters. The molecule has 2 heterocycles. The number of anilines is 1. The van der Waals surface area contributed by atoms with Gasteiger partial charge in [-0.05, 0) is 42.8 Å². The number of fused-ring (bicyclic) bond motifs is 1. The van der Waals surface area contributed by atoms with Crippen LogP contribution in [0.3, 0.4) is 0 Å². The fraction of sp³-hybridized carbons (Fsp3) is 0.172. The van der Waals surface area contributed by atoms with Crippen molar-refractivity contribution in [2.24, 2.45) is 0 Å². The Morgan fingerprint density at radius 1 is 0.973 bits per heavy atom. The van der Waals surface area contributed by atoms with Crippen molar-refractivity contribution < 1.29 is 23.4 Å². The number of nitrogens with one attached hydrogen (secondary N) is 1. The normalized spacial score (nSPS) is 10.9. The summed E-state index contributed by atoms with van der Waals surface area (Å²) in [5.41, 5.74) is 3.07. The van der Waals surface area contributed by atoms with Gasteiger partial charge in [-0.1, -0.05) is 42.5 Å². The molecule has 2 aromatic heterocycles. The monoisotopic (exact) mass is 497 g/mol. The minimum atomic E-state index is -0.375.